The Morgan fingerprint density at radius 1 is 1.47 bits per heavy atom. The lowest BCUT2D eigenvalue weighted by molar-refractivity contribution is 0.631. The van der Waals surface area contributed by atoms with E-state index in [1.807, 2.05) is 23.5 Å². The van der Waals surface area contributed by atoms with Crippen LogP contribution in [0.4, 0.5) is 0 Å². The molecule has 4 heteroatoms. The number of hydrogen-bond acceptors (Lipinski definition) is 3. The highest BCUT2D eigenvalue weighted by Crippen LogP contribution is 2.25. The molecule has 86 valence electrons. The van der Waals surface area contributed by atoms with Gasteiger partial charge >= 0.3 is 0 Å². The Hall–Kier alpha value is -0.480. The number of hydrogen-bond donors (Lipinski definition) is 1. The van der Waals surface area contributed by atoms with E-state index in [-0.39, 0.29) is 6.04 Å². The van der Waals surface area contributed by atoms with Crippen LogP contribution in [0.5, 0.6) is 0 Å². The lowest BCUT2D eigenvalue weighted by atomic mass is 10.1. The summed E-state index contributed by atoms with van der Waals surface area (Å²) in [4.78, 5) is 0. The fourth-order valence-corrected chi connectivity index (χ4v) is 2.55. The molecule has 0 spiro atoms. The van der Waals surface area contributed by atoms with Gasteiger partial charge in [0.15, 0.2) is 0 Å². The van der Waals surface area contributed by atoms with Gasteiger partial charge in [-0.15, -0.1) is 11.8 Å². The van der Waals surface area contributed by atoms with Crippen LogP contribution in [-0.4, -0.2) is 21.6 Å². The summed E-state index contributed by atoms with van der Waals surface area (Å²) in [5.41, 5.74) is 8.46. The Labute approximate surface area is 96.4 Å². The van der Waals surface area contributed by atoms with Gasteiger partial charge in [-0.1, -0.05) is 13.8 Å². The Morgan fingerprint density at radius 2 is 2.13 bits per heavy atom. The van der Waals surface area contributed by atoms with Crippen LogP contribution in [0.15, 0.2) is 5.03 Å². The average Bonchev–Trinajstić information content (AvgIpc) is 2.45. The first kappa shape index (κ1) is 12.6. The zero-order valence-electron chi connectivity index (χ0n) is 10.1. The maximum atomic E-state index is 6.00. The second-order valence-corrected chi connectivity index (χ2v) is 5.05. The lowest BCUT2D eigenvalue weighted by Gasteiger charge is -2.10. The van der Waals surface area contributed by atoms with E-state index in [9.17, 15) is 0 Å². The molecule has 1 unspecified atom stereocenters. The highest BCUT2D eigenvalue weighted by molar-refractivity contribution is 7.99. The summed E-state index contributed by atoms with van der Waals surface area (Å²) in [5, 5.41) is 5.73. The predicted molar refractivity (Wildman–Crippen MR) is 66.3 cm³/mol. The van der Waals surface area contributed by atoms with Crippen molar-refractivity contribution in [3.8, 4) is 0 Å². The quantitative estimate of drug-likeness (QED) is 0.784. The normalized spacial score (nSPS) is 13.1. The fourth-order valence-electron chi connectivity index (χ4n) is 1.64. The van der Waals surface area contributed by atoms with Crippen molar-refractivity contribution >= 4 is 11.8 Å². The summed E-state index contributed by atoms with van der Waals surface area (Å²) in [7, 11) is 2.01. The molecule has 1 atom stereocenters. The highest BCUT2D eigenvalue weighted by Gasteiger charge is 2.15. The molecule has 0 saturated carbocycles. The van der Waals surface area contributed by atoms with Crippen molar-refractivity contribution in [2.24, 2.45) is 12.8 Å². The zero-order chi connectivity index (χ0) is 11.4. The topological polar surface area (TPSA) is 43.8 Å². The molecule has 0 amide bonds. The molecule has 0 aromatic carbocycles. The summed E-state index contributed by atoms with van der Waals surface area (Å²) in [6.07, 6.45) is 1.96. The van der Waals surface area contributed by atoms with Crippen LogP contribution in [0.2, 0.25) is 0 Å². The van der Waals surface area contributed by atoms with Gasteiger partial charge in [0.2, 0.25) is 0 Å². The average molecular weight is 227 g/mol. The van der Waals surface area contributed by atoms with E-state index in [2.05, 4.69) is 25.9 Å². The Kier molecular flexibility index (Phi) is 4.67. The first-order chi connectivity index (χ1) is 7.10. The molecule has 0 aliphatic heterocycles. The minimum atomic E-state index is 0.254. The van der Waals surface area contributed by atoms with Gasteiger partial charge in [0.1, 0.15) is 0 Å². The van der Waals surface area contributed by atoms with Crippen molar-refractivity contribution in [3.05, 3.63) is 11.3 Å². The van der Waals surface area contributed by atoms with Gasteiger partial charge in [0.05, 0.1) is 10.7 Å². The Balaban J connectivity index is 2.93. The van der Waals surface area contributed by atoms with Gasteiger partial charge in [-0.3, -0.25) is 4.68 Å². The zero-order valence-corrected chi connectivity index (χ0v) is 10.9. The van der Waals surface area contributed by atoms with Crippen LogP contribution < -0.4 is 5.73 Å². The standard InChI is InChI=1S/C11H21N3S/c1-5-9(12)7-10-8(3)13-14(4)11(10)15-6-2/h9H,5-7,12H2,1-4H3. The highest BCUT2D eigenvalue weighted by atomic mass is 32.2. The third kappa shape index (κ3) is 2.98. The van der Waals surface area contributed by atoms with E-state index in [4.69, 9.17) is 5.73 Å². The number of aryl methyl sites for hydroxylation is 2. The molecule has 1 rings (SSSR count). The predicted octanol–water partition coefficient (Wildman–Crippen LogP) is 2.12. The van der Waals surface area contributed by atoms with Gasteiger partial charge in [-0.2, -0.15) is 5.10 Å². The SMILES string of the molecule is CCSc1c(CC(N)CC)c(C)nn1C. The summed E-state index contributed by atoms with van der Waals surface area (Å²) >= 11 is 1.85. The molecule has 0 radical (unpaired) electrons. The number of thioether (sulfide) groups is 1. The monoisotopic (exact) mass is 227 g/mol. The van der Waals surface area contributed by atoms with E-state index in [1.54, 1.807) is 0 Å². The van der Waals surface area contributed by atoms with Crippen molar-refractivity contribution < 1.29 is 0 Å². The van der Waals surface area contributed by atoms with E-state index >= 15 is 0 Å². The summed E-state index contributed by atoms with van der Waals surface area (Å²) < 4.78 is 1.97. The van der Waals surface area contributed by atoms with Crippen molar-refractivity contribution in [2.45, 2.75) is 44.7 Å². The number of rotatable bonds is 5. The van der Waals surface area contributed by atoms with Crippen molar-refractivity contribution in [1.29, 1.82) is 0 Å². The smallest absolute Gasteiger partial charge is 0.0971 e. The third-order valence-corrected chi connectivity index (χ3v) is 3.63. The minimum Gasteiger partial charge on any atom is -0.327 e. The van der Waals surface area contributed by atoms with Gasteiger partial charge in [0.25, 0.3) is 0 Å². The van der Waals surface area contributed by atoms with Crippen LogP contribution in [0.3, 0.4) is 0 Å². The fraction of sp³-hybridized carbons (Fsp3) is 0.727. The van der Waals surface area contributed by atoms with E-state index in [0.29, 0.717) is 0 Å². The van der Waals surface area contributed by atoms with Crippen molar-refractivity contribution in [1.82, 2.24) is 9.78 Å². The van der Waals surface area contributed by atoms with Crippen LogP contribution in [0.1, 0.15) is 31.5 Å². The molecule has 1 aromatic heterocycles. The van der Waals surface area contributed by atoms with Crippen LogP contribution >= 0.6 is 11.8 Å². The van der Waals surface area contributed by atoms with Gasteiger partial charge < -0.3 is 5.73 Å². The molecule has 0 aliphatic carbocycles. The molecule has 3 nitrogen and oxygen atoms in total. The van der Waals surface area contributed by atoms with Gasteiger partial charge in [-0.05, 0) is 25.5 Å². The summed E-state index contributed by atoms with van der Waals surface area (Å²) in [5.74, 6) is 1.08. The van der Waals surface area contributed by atoms with E-state index in [1.165, 1.54) is 10.6 Å². The largest absolute Gasteiger partial charge is 0.327 e. The first-order valence-electron chi connectivity index (χ1n) is 5.50. The molecule has 0 bridgehead atoms. The number of nitrogens with two attached hydrogens (primary N) is 1. The summed E-state index contributed by atoms with van der Waals surface area (Å²) in [6.45, 7) is 6.36. The van der Waals surface area contributed by atoms with E-state index < -0.39 is 0 Å². The molecule has 2 N–H and O–H groups in total. The molecule has 0 saturated heterocycles. The second kappa shape index (κ2) is 5.56. The van der Waals surface area contributed by atoms with Crippen LogP contribution in [-0.2, 0) is 13.5 Å². The molecule has 0 fully saturated rings. The molecular weight excluding hydrogens is 206 g/mol. The van der Waals surface area contributed by atoms with Crippen molar-refractivity contribution in [2.75, 3.05) is 5.75 Å². The Bertz CT molecular complexity index is 320. The number of nitrogens with zero attached hydrogens (tertiary/aromatic N) is 2. The first-order valence-corrected chi connectivity index (χ1v) is 6.49. The molecular formula is C11H21N3S. The lowest BCUT2D eigenvalue weighted by Crippen LogP contribution is -2.21. The minimum absolute atomic E-state index is 0.254. The molecule has 1 aromatic rings. The van der Waals surface area contributed by atoms with Crippen LogP contribution in [0, 0.1) is 6.92 Å². The molecule has 1 heterocycles. The van der Waals surface area contributed by atoms with Gasteiger partial charge in [0, 0.05) is 18.7 Å². The Morgan fingerprint density at radius 3 is 2.67 bits per heavy atom. The summed E-state index contributed by atoms with van der Waals surface area (Å²) in [6, 6.07) is 0.254. The maximum absolute atomic E-state index is 6.00. The van der Waals surface area contributed by atoms with Crippen LogP contribution in [0.25, 0.3) is 0 Å². The second-order valence-electron chi connectivity index (χ2n) is 3.80. The number of aromatic nitrogens is 2. The van der Waals surface area contributed by atoms with E-state index in [0.717, 1.165) is 24.3 Å². The van der Waals surface area contributed by atoms with Crippen molar-refractivity contribution in [3.63, 3.8) is 0 Å². The third-order valence-electron chi connectivity index (χ3n) is 2.56. The molecule has 15 heavy (non-hydrogen) atoms. The maximum Gasteiger partial charge on any atom is 0.0971 e. The van der Waals surface area contributed by atoms with Gasteiger partial charge in [-0.25, -0.2) is 0 Å². The molecule has 0 aliphatic rings.